The van der Waals surface area contributed by atoms with E-state index in [2.05, 4.69) is 15.3 Å². The molecule has 2 aromatic rings. The van der Waals surface area contributed by atoms with Gasteiger partial charge >= 0.3 is 0 Å². The van der Waals surface area contributed by atoms with Crippen molar-refractivity contribution < 1.29 is 8.42 Å². The molecule has 1 N–H and O–H groups in total. The molecule has 24 heavy (non-hydrogen) atoms. The number of nitrogens with one attached hydrogen (secondary N) is 1. The molecule has 0 saturated carbocycles. The lowest BCUT2D eigenvalue weighted by Gasteiger charge is -2.31. The third kappa shape index (κ3) is 3.02. The second kappa shape index (κ2) is 6.24. The van der Waals surface area contributed by atoms with Crippen LogP contribution in [-0.2, 0) is 22.9 Å². The topological polar surface area (TPSA) is 75.2 Å². The van der Waals surface area contributed by atoms with Gasteiger partial charge in [0.15, 0.2) is 0 Å². The average Bonchev–Trinajstić information content (AvgIpc) is 2.94. The van der Waals surface area contributed by atoms with E-state index in [0.717, 1.165) is 41.7 Å². The van der Waals surface area contributed by atoms with Crippen molar-refractivity contribution in [2.45, 2.75) is 44.6 Å². The molecule has 1 aliphatic carbocycles. The molecule has 0 radical (unpaired) electrons. The molecule has 1 aliphatic heterocycles. The minimum atomic E-state index is -3.13. The van der Waals surface area contributed by atoms with Gasteiger partial charge in [0.05, 0.1) is 11.6 Å². The Hall–Kier alpha value is -1.25. The monoisotopic (exact) mass is 366 g/mol. The summed E-state index contributed by atoms with van der Waals surface area (Å²) in [5.74, 6) is 0.875. The van der Waals surface area contributed by atoms with Crippen molar-refractivity contribution in [2.75, 3.05) is 24.7 Å². The number of rotatable bonds is 3. The number of aryl methyl sites for hydroxylation is 2. The Morgan fingerprint density at radius 2 is 2.08 bits per heavy atom. The number of sulfonamides is 1. The van der Waals surface area contributed by atoms with Crippen LogP contribution in [0.15, 0.2) is 6.33 Å². The van der Waals surface area contributed by atoms with Gasteiger partial charge in [-0.2, -0.15) is 0 Å². The maximum atomic E-state index is 11.8. The fraction of sp³-hybridized carbons (Fsp3) is 0.625. The predicted octanol–water partition coefficient (Wildman–Crippen LogP) is 2.41. The summed E-state index contributed by atoms with van der Waals surface area (Å²) >= 11 is 1.78. The Kier molecular flexibility index (Phi) is 4.22. The molecule has 0 bridgehead atoms. The summed E-state index contributed by atoms with van der Waals surface area (Å²) in [5, 5.41) is 4.67. The van der Waals surface area contributed by atoms with Crippen LogP contribution in [-0.4, -0.2) is 48.1 Å². The van der Waals surface area contributed by atoms with Crippen LogP contribution in [0.2, 0.25) is 0 Å². The van der Waals surface area contributed by atoms with Gasteiger partial charge in [-0.1, -0.05) is 0 Å². The zero-order valence-corrected chi connectivity index (χ0v) is 15.4. The minimum Gasteiger partial charge on any atom is -0.365 e. The van der Waals surface area contributed by atoms with E-state index in [-0.39, 0.29) is 6.04 Å². The van der Waals surface area contributed by atoms with Crippen LogP contribution in [0.4, 0.5) is 5.82 Å². The van der Waals surface area contributed by atoms with Crippen LogP contribution in [0.3, 0.4) is 0 Å². The van der Waals surface area contributed by atoms with Crippen molar-refractivity contribution in [3.63, 3.8) is 0 Å². The molecular weight excluding hydrogens is 344 g/mol. The molecular formula is C16H22N4O2S2. The van der Waals surface area contributed by atoms with Crippen molar-refractivity contribution in [3.05, 3.63) is 16.8 Å². The third-order valence-electron chi connectivity index (χ3n) is 4.95. The third-order valence-corrected chi connectivity index (χ3v) is 7.41. The standard InChI is InChI=1S/C16H22N4O2S2/c1-24(21,22)20-8-4-5-11(9-20)19-15-14-12-6-2-3-7-13(12)23-16(14)18-10-17-15/h10-11H,2-9H2,1H3,(H,17,18,19). The van der Waals surface area contributed by atoms with E-state index in [4.69, 9.17) is 0 Å². The Morgan fingerprint density at radius 3 is 2.92 bits per heavy atom. The first-order valence-corrected chi connectivity index (χ1v) is 11.2. The first kappa shape index (κ1) is 16.2. The highest BCUT2D eigenvalue weighted by Gasteiger charge is 2.27. The second-order valence-electron chi connectivity index (χ2n) is 6.72. The highest BCUT2D eigenvalue weighted by molar-refractivity contribution is 7.88. The number of thiophene rings is 1. The van der Waals surface area contributed by atoms with Crippen LogP contribution in [0.1, 0.15) is 36.1 Å². The van der Waals surface area contributed by atoms with Crippen LogP contribution in [0, 0.1) is 0 Å². The lowest BCUT2D eigenvalue weighted by Crippen LogP contribution is -2.44. The summed E-state index contributed by atoms with van der Waals surface area (Å²) in [7, 11) is -3.13. The quantitative estimate of drug-likeness (QED) is 0.903. The van der Waals surface area contributed by atoms with Crippen molar-refractivity contribution in [1.29, 1.82) is 0 Å². The van der Waals surface area contributed by atoms with Gasteiger partial charge in [-0.15, -0.1) is 11.3 Å². The smallest absolute Gasteiger partial charge is 0.211 e. The molecule has 0 spiro atoms. The van der Waals surface area contributed by atoms with E-state index in [1.807, 2.05) is 0 Å². The van der Waals surface area contributed by atoms with Gasteiger partial charge in [-0.05, 0) is 44.1 Å². The van der Waals surface area contributed by atoms with E-state index >= 15 is 0 Å². The van der Waals surface area contributed by atoms with E-state index < -0.39 is 10.0 Å². The molecule has 8 heteroatoms. The zero-order chi connectivity index (χ0) is 16.7. The van der Waals surface area contributed by atoms with Crippen molar-refractivity contribution in [2.24, 2.45) is 0 Å². The number of anilines is 1. The van der Waals surface area contributed by atoms with E-state index in [9.17, 15) is 8.42 Å². The van der Waals surface area contributed by atoms with Gasteiger partial charge in [0.2, 0.25) is 10.0 Å². The highest BCUT2D eigenvalue weighted by atomic mass is 32.2. The summed E-state index contributed by atoms with van der Waals surface area (Å²) in [6.07, 6.45) is 9.45. The van der Waals surface area contributed by atoms with Crippen molar-refractivity contribution >= 4 is 37.4 Å². The Balaban J connectivity index is 1.64. The number of hydrogen-bond acceptors (Lipinski definition) is 6. The first-order valence-electron chi connectivity index (χ1n) is 8.49. The fourth-order valence-corrected chi connectivity index (χ4v) is 5.89. The molecule has 3 heterocycles. The molecule has 130 valence electrons. The number of aromatic nitrogens is 2. The molecule has 1 unspecified atom stereocenters. The maximum Gasteiger partial charge on any atom is 0.211 e. The van der Waals surface area contributed by atoms with Crippen LogP contribution in [0.25, 0.3) is 10.2 Å². The van der Waals surface area contributed by atoms with Gasteiger partial charge in [0.1, 0.15) is 17.0 Å². The van der Waals surface area contributed by atoms with Gasteiger partial charge < -0.3 is 5.32 Å². The largest absolute Gasteiger partial charge is 0.365 e. The molecule has 2 aliphatic rings. The Labute approximate surface area is 146 Å². The number of piperidine rings is 1. The summed E-state index contributed by atoms with van der Waals surface area (Å²) in [6.45, 7) is 1.13. The molecule has 4 rings (SSSR count). The van der Waals surface area contributed by atoms with Gasteiger partial charge in [0.25, 0.3) is 0 Å². The highest BCUT2D eigenvalue weighted by Crippen LogP contribution is 2.38. The number of nitrogens with zero attached hydrogens (tertiary/aromatic N) is 3. The van der Waals surface area contributed by atoms with Gasteiger partial charge in [-0.3, -0.25) is 0 Å². The Morgan fingerprint density at radius 1 is 1.25 bits per heavy atom. The number of hydrogen-bond donors (Lipinski definition) is 1. The molecule has 1 saturated heterocycles. The molecule has 6 nitrogen and oxygen atoms in total. The summed E-state index contributed by atoms with van der Waals surface area (Å²) < 4.78 is 25.2. The SMILES string of the molecule is CS(=O)(=O)N1CCCC(Nc2ncnc3sc4c(c23)CCCC4)C1. The van der Waals surface area contributed by atoms with E-state index in [1.165, 1.54) is 29.5 Å². The fourth-order valence-electron chi connectivity index (χ4n) is 3.75. The van der Waals surface area contributed by atoms with Gasteiger partial charge in [-0.25, -0.2) is 22.7 Å². The average molecular weight is 367 g/mol. The van der Waals surface area contributed by atoms with Crippen LogP contribution >= 0.6 is 11.3 Å². The van der Waals surface area contributed by atoms with Crippen molar-refractivity contribution in [1.82, 2.24) is 14.3 Å². The lowest BCUT2D eigenvalue weighted by atomic mass is 9.97. The normalized spacial score (nSPS) is 22.5. The van der Waals surface area contributed by atoms with Crippen molar-refractivity contribution in [3.8, 4) is 0 Å². The van der Waals surface area contributed by atoms with Crippen LogP contribution in [0.5, 0.6) is 0 Å². The molecule has 0 amide bonds. The molecule has 1 atom stereocenters. The van der Waals surface area contributed by atoms with E-state index in [1.54, 1.807) is 22.0 Å². The molecule has 0 aromatic carbocycles. The zero-order valence-electron chi connectivity index (χ0n) is 13.8. The van der Waals surface area contributed by atoms with Gasteiger partial charge in [0, 0.05) is 24.0 Å². The molecule has 1 fully saturated rings. The second-order valence-corrected chi connectivity index (χ2v) is 9.78. The van der Waals surface area contributed by atoms with Crippen LogP contribution < -0.4 is 5.32 Å². The number of fused-ring (bicyclic) bond motifs is 3. The maximum absolute atomic E-state index is 11.8. The summed E-state index contributed by atoms with van der Waals surface area (Å²) in [6, 6.07) is 0.103. The van der Waals surface area contributed by atoms with E-state index in [0.29, 0.717) is 13.1 Å². The summed E-state index contributed by atoms with van der Waals surface area (Å²) in [5.41, 5.74) is 1.40. The predicted molar refractivity (Wildman–Crippen MR) is 97.1 cm³/mol. The first-order chi connectivity index (χ1) is 11.5. The lowest BCUT2D eigenvalue weighted by molar-refractivity contribution is 0.329. The summed E-state index contributed by atoms with van der Waals surface area (Å²) in [4.78, 5) is 11.4. The minimum absolute atomic E-state index is 0.103. The molecule has 2 aromatic heterocycles. The Bertz CT molecular complexity index is 862.